The van der Waals surface area contributed by atoms with Crippen LogP contribution in [0.15, 0.2) is 6.07 Å². The maximum atomic E-state index is 12.3. The number of likely N-dealkylation sites (tertiary alicyclic amines) is 1. The van der Waals surface area contributed by atoms with E-state index in [1.165, 1.54) is 0 Å². The van der Waals surface area contributed by atoms with Gasteiger partial charge in [0.1, 0.15) is 24.2 Å². The molecular weight excluding hydrogens is 273 g/mol. The highest BCUT2D eigenvalue weighted by Gasteiger charge is 2.39. The summed E-state index contributed by atoms with van der Waals surface area (Å²) in [5, 5.41) is 2.88. The maximum absolute atomic E-state index is 12.3. The Morgan fingerprint density at radius 3 is 2.70 bits per heavy atom. The van der Waals surface area contributed by atoms with Gasteiger partial charge in [0.25, 0.3) is 0 Å². The summed E-state index contributed by atoms with van der Waals surface area (Å²) in [5.74, 6) is 0.462. The minimum atomic E-state index is -4.37. The second-order valence-electron chi connectivity index (χ2n) is 4.80. The first-order valence-electron chi connectivity index (χ1n) is 6.19. The van der Waals surface area contributed by atoms with Crippen LogP contribution in [0.4, 0.5) is 19.0 Å². The van der Waals surface area contributed by atoms with Crippen LogP contribution in [0.2, 0.25) is 0 Å². The summed E-state index contributed by atoms with van der Waals surface area (Å²) in [6, 6.07) is 0.998. The van der Waals surface area contributed by atoms with Crippen LogP contribution >= 0.6 is 0 Å². The average molecular weight is 288 g/mol. The fraction of sp³-hybridized carbons (Fsp3) is 0.583. The molecule has 0 spiro atoms. The van der Waals surface area contributed by atoms with Gasteiger partial charge in [-0.3, -0.25) is 4.79 Å². The summed E-state index contributed by atoms with van der Waals surface area (Å²) in [6.07, 6.45) is -4.04. The minimum Gasteiger partial charge on any atom is -0.358 e. The maximum Gasteiger partial charge on any atom is 0.406 e. The lowest BCUT2D eigenvalue weighted by Crippen LogP contribution is -2.39. The Bertz CT molecular complexity index is 498. The summed E-state index contributed by atoms with van der Waals surface area (Å²) in [6.45, 7) is 2.39. The van der Waals surface area contributed by atoms with Gasteiger partial charge in [0.05, 0.1) is 0 Å². The van der Waals surface area contributed by atoms with E-state index in [1.807, 2.05) is 0 Å². The number of nitrogens with zero attached hydrogens (tertiary/aromatic N) is 3. The molecule has 20 heavy (non-hydrogen) atoms. The van der Waals surface area contributed by atoms with E-state index >= 15 is 0 Å². The number of carbonyl (C=O) groups excluding carboxylic acids is 1. The topological polar surface area (TPSA) is 58.1 Å². The Labute approximate surface area is 114 Å². The van der Waals surface area contributed by atoms with E-state index in [2.05, 4.69) is 15.3 Å². The number of aromatic nitrogens is 2. The van der Waals surface area contributed by atoms with Crippen LogP contribution in [0, 0.1) is 13.8 Å². The van der Waals surface area contributed by atoms with Crippen LogP contribution in [-0.2, 0) is 4.79 Å². The van der Waals surface area contributed by atoms with E-state index in [0.29, 0.717) is 18.1 Å². The standard InChI is InChI=1S/C12H15F3N4O/c1-7-5-10(17-8(2)16-7)18-9-3-4-19(11(9)20)6-12(13,14)15/h5,9H,3-4,6H2,1-2H3,(H,16,17,18). The highest BCUT2D eigenvalue weighted by Crippen LogP contribution is 2.22. The molecule has 0 aromatic carbocycles. The number of carbonyl (C=O) groups is 1. The fourth-order valence-corrected chi connectivity index (χ4v) is 2.22. The van der Waals surface area contributed by atoms with E-state index in [-0.39, 0.29) is 6.54 Å². The molecule has 1 fully saturated rings. The van der Waals surface area contributed by atoms with Gasteiger partial charge < -0.3 is 10.2 Å². The van der Waals surface area contributed by atoms with Crippen molar-refractivity contribution in [1.82, 2.24) is 14.9 Å². The number of anilines is 1. The van der Waals surface area contributed by atoms with Crippen molar-refractivity contribution >= 4 is 11.7 Å². The zero-order chi connectivity index (χ0) is 14.9. The lowest BCUT2D eigenvalue weighted by Gasteiger charge is -2.19. The number of rotatable bonds is 3. The first-order valence-corrected chi connectivity index (χ1v) is 6.19. The Morgan fingerprint density at radius 2 is 2.10 bits per heavy atom. The van der Waals surface area contributed by atoms with E-state index in [9.17, 15) is 18.0 Å². The van der Waals surface area contributed by atoms with Gasteiger partial charge in [-0.15, -0.1) is 0 Å². The van der Waals surface area contributed by atoms with Crippen molar-refractivity contribution in [2.24, 2.45) is 0 Å². The van der Waals surface area contributed by atoms with Gasteiger partial charge in [-0.25, -0.2) is 9.97 Å². The molecule has 0 aliphatic carbocycles. The van der Waals surface area contributed by atoms with Crippen LogP contribution in [0.25, 0.3) is 0 Å². The second-order valence-corrected chi connectivity index (χ2v) is 4.80. The largest absolute Gasteiger partial charge is 0.406 e. The predicted octanol–water partition coefficient (Wildman–Crippen LogP) is 1.67. The molecule has 5 nitrogen and oxygen atoms in total. The number of aryl methyl sites for hydroxylation is 2. The summed E-state index contributed by atoms with van der Waals surface area (Å²) in [5.41, 5.74) is 0.734. The molecule has 1 atom stereocenters. The average Bonchev–Trinajstić information content (AvgIpc) is 2.58. The van der Waals surface area contributed by atoms with Crippen LogP contribution in [0.3, 0.4) is 0 Å². The zero-order valence-corrected chi connectivity index (χ0v) is 11.2. The molecular formula is C12H15F3N4O. The van der Waals surface area contributed by atoms with Gasteiger partial charge in [0.2, 0.25) is 5.91 Å². The number of hydrogen-bond acceptors (Lipinski definition) is 4. The molecule has 1 aromatic rings. The van der Waals surface area contributed by atoms with Crippen LogP contribution in [0.1, 0.15) is 17.9 Å². The SMILES string of the molecule is Cc1cc(NC2CCN(CC(F)(F)F)C2=O)nc(C)n1. The van der Waals surface area contributed by atoms with Crippen molar-refractivity contribution in [1.29, 1.82) is 0 Å². The first kappa shape index (κ1) is 14.5. The third-order valence-corrected chi connectivity index (χ3v) is 2.96. The molecule has 1 aliphatic rings. The highest BCUT2D eigenvalue weighted by atomic mass is 19.4. The first-order chi connectivity index (χ1) is 9.24. The molecule has 0 bridgehead atoms. The monoisotopic (exact) mass is 288 g/mol. The second kappa shape index (κ2) is 5.26. The zero-order valence-electron chi connectivity index (χ0n) is 11.2. The number of alkyl halides is 3. The van der Waals surface area contributed by atoms with Crippen molar-refractivity contribution in [3.05, 3.63) is 17.6 Å². The van der Waals surface area contributed by atoms with Crippen LogP contribution < -0.4 is 5.32 Å². The minimum absolute atomic E-state index is 0.0963. The summed E-state index contributed by atoms with van der Waals surface area (Å²) in [4.78, 5) is 20.9. The number of hydrogen-bond donors (Lipinski definition) is 1. The number of amides is 1. The van der Waals surface area contributed by atoms with Crippen molar-refractivity contribution in [2.75, 3.05) is 18.4 Å². The van der Waals surface area contributed by atoms with E-state index in [0.717, 1.165) is 10.6 Å². The number of nitrogens with one attached hydrogen (secondary N) is 1. The van der Waals surface area contributed by atoms with Crippen LogP contribution in [-0.4, -0.2) is 46.1 Å². The Morgan fingerprint density at radius 1 is 1.40 bits per heavy atom. The third-order valence-electron chi connectivity index (χ3n) is 2.96. The fourth-order valence-electron chi connectivity index (χ4n) is 2.22. The molecule has 0 saturated carbocycles. The molecule has 1 aromatic heterocycles. The third kappa shape index (κ3) is 3.58. The molecule has 1 saturated heterocycles. The lowest BCUT2D eigenvalue weighted by molar-refractivity contribution is -0.157. The van der Waals surface area contributed by atoms with E-state index in [4.69, 9.17) is 0 Å². The molecule has 2 heterocycles. The summed E-state index contributed by atoms with van der Waals surface area (Å²) >= 11 is 0. The molecule has 1 aliphatic heterocycles. The van der Waals surface area contributed by atoms with Crippen molar-refractivity contribution in [3.8, 4) is 0 Å². The van der Waals surface area contributed by atoms with Gasteiger partial charge in [-0.2, -0.15) is 13.2 Å². The summed E-state index contributed by atoms with van der Waals surface area (Å²) < 4.78 is 36.9. The molecule has 8 heteroatoms. The molecule has 1 unspecified atom stereocenters. The normalized spacial score (nSPS) is 19.6. The van der Waals surface area contributed by atoms with Crippen molar-refractivity contribution in [2.45, 2.75) is 32.5 Å². The molecule has 1 amide bonds. The highest BCUT2D eigenvalue weighted by molar-refractivity contribution is 5.86. The van der Waals surface area contributed by atoms with Crippen molar-refractivity contribution in [3.63, 3.8) is 0 Å². The van der Waals surface area contributed by atoms with E-state index < -0.39 is 24.7 Å². The van der Waals surface area contributed by atoms with Gasteiger partial charge in [0, 0.05) is 18.3 Å². The molecule has 1 N–H and O–H groups in total. The van der Waals surface area contributed by atoms with Gasteiger partial charge >= 0.3 is 6.18 Å². The van der Waals surface area contributed by atoms with Gasteiger partial charge in [-0.05, 0) is 20.3 Å². The quantitative estimate of drug-likeness (QED) is 0.919. The lowest BCUT2D eigenvalue weighted by atomic mass is 10.2. The Kier molecular flexibility index (Phi) is 3.82. The smallest absolute Gasteiger partial charge is 0.358 e. The predicted molar refractivity (Wildman–Crippen MR) is 66.2 cm³/mol. The Balaban J connectivity index is 2.03. The summed E-state index contributed by atoms with van der Waals surface area (Å²) in [7, 11) is 0. The van der Waals surface area contributed by atoms with E-state index in [1.54, 1.807) is 19.9 Å². The van der Waals surface area contributed by atoms with Gasteiger partial charge in [-0.1, -0.05) is 0 Å². The molecule has 110 valence electrons. The number of halogens is 3. The van der Waals surface area contributed by atoms with Crippen molar-refractivity contribution < 1.29 is 18.0 Å². The molecule has 0 radical (unpaired) electrons. The van der Waals surface area contributed by atoms with Gasteiger partial charge in [0.15, 0.2) is 0 Å². The molecule has 2 rings (SSSR count). The van der Waals surface area contributed by atoms with Crippen LogP contribution in [0.5, 0.6) is 0 Å². The Hall–Kier alpha value is -1.86.